The molecule has 4 nitrogen and oxygen atoms in total. The number of benzene rings is 2. The summed E-state index contributed by atoms with van der Waals surface area (Å²) < 4.78 is 6.60. The zero-order chi connectivity index (χ0) is 16.7. The molecule has 0 saturated carbocycles. The van der Waals surface area contributed by atoms with Gasteiger partial charge in [0, 0.05) is 10.2 Å². The molecular formula is C18H21BrN2O2. The zero-order valence-corrected chi connectivity index (χ0v) is 14.9. The first kappa shape index (κ1) is 17.3. The van der Waals surface area contributed by atoms with Crippen LogP contribution in [0.15, 0.2) is 46.9 Å². The molecule has 0 bridgehead atoms. The van der Waals surface area contributed by atoms with Crippen LogP contribution >= 0.6 is 15.9 Å². The Balaban J connectivity index is 1.73. The van der Waals surface area contributed by atoms with E-state index in [1.807, 2.05) is 43.3 Å². The topological polar surface area (TPSA) is 50.4 Å². The molecule has 2 N–H and O–H groups in total. The molecule has 0 fully saturated rings. The van der Waals surface area contributed by atoms with Crippen LogP contribution in [0.3, 0.4) is 0 Å². The van der Waals surface area contributed by atoms with Crippen molar-refractivity contribution in [1.82, 2.24) is 5.32 Å². The number of amides is 2. The Morgan fingerprint density at radius 2 is 2.04 bits per heavy atom. The predicted molar refractivity (Wildman–Crippen MR) is 97.2 cm³/mol. The summed E-state index contributed by atoms with van der Waals surface area (Å²) >= 11 is 3.45. The second kappa shape index (κ2) is 8.58. The molecular weight excluding hydrogens is 356 g/mol. The van der Waals surface area contributed by atoms with Crippen LogP contribution in [0.5, 0.6) is 5.75 Å². The van der Waals surface area contributed by atoms with Gasteiger partial charge in [-0.25, -0.2) is 4.79 Å². The van der Waals surface area contributed by atoms with E-state index in [4.69, 9.17) is 4.74 Å². The number of rotatable bonds is 6. The molecule has 0 aliphatic heterocycles. The molecule has 0 saturated heterocycles. The number of halogens is 1. The number of hydrogen-bond acceptors (Lipinski definition) is 2. The van der Waals surface area contributed by atoms with Crippen LogP contribution < -0.4 is 15.4 Å². The Bertz CT molecular complexity index is 674. The molecule has 2 aromatic carbocycles. The highest BCUT2D eigenvalue weighted by Gasteiger charge is 2.03. The van der Waals surface area contributed by atoms with Gasteiger partial charge < -0.3 is 15.4 Å². The van der Waals surface area contributed by atoms with E-state index in [9.17, 15) is 4.79 Å². The molecule has 0 heterocycles. The Morgan fingerprint density at radius 1 is 1.22 bits per heavy atom. The summed E-state index contributed by atoms with van der Waals surface area (Å²) in [7, 11) is 0. The maximum Gasteiger partial charge on any atom is 0.319 e. The molecule has 0 aliphatic carbocycles. The SMILES string of the molecule is CCc1cccc(OCCNC(=O)Nc2ccc(C)c(Br)c2)c1. The van der Waals surface area contributed by atoms with Gasteiger partial charge in [-0.15, -0.1) is 0 Å². The maximum absolute atomic E-state index is 11.8. The molecule has 0 radical (unpaired) electrons. The van der Waals surface area contributed by atoms with Crippen LogP contribution in [0.1, 0.15) is 18.1 Å². The molecule has 122 valence electrons. The van der Waals surface area contributed by atoms with Gasteiger partial charge in [-0.3, -0.25) is 0 Å². The van der Waals surface area contributed by atoms with Crippen LogP contribution in [0, 0.1) is 6.92 Å². The van der Waals surface area contributed by atoms with Crippen molar-refractivity contribution in [3.8, 4) is 5.75 Å². The Labute approximate surface area is 145 Å². The van der Waals surface area contributed by atoms with E-state index in [2.05, 4.69) is 39.6 Å². The molecule has 0 aromatic heterocycles. The lowest BCUT2D eigenvalue weighted by atomic mass is 10.2. The van der Waals surface area contributed by atoms with E-state index in [1.54, 1.807) is 0 Å². The van der Waals surface area contributed by atoms with Gasteiger partial charge >= 0.3 is 6.03 Å². The number of urea groups is 1. The molecule has 0 atom stereocenters. The normalized spacial score (nSPS) is 10.2. The van der Waals surface area contributed by atoms with E-state index in [0.717, 1.165) is 27.9 Å². The van der Waals surface area contributed by atoms with E-state index < -0.39 is 0 Å². The Hall–Kier alpha value is -2.01. The minimum atomic E-state index is -0.244. The van der Waals surface area contributed by atoms with Gasteiger partial charge in [0.25, 0.3) is 0 Å². The lowest BCUT2D eigenvalue weighted by molar-refractivity contribution is 0.247. The van der Waals surface area contributed by atoms with E-state index in [1.165, 1.54) is 5.56 Å². The minimum absolute atomic E-state index is 0.244. The van der Waals surface area contributed by atoms with Crippen molar-refractivity contribution < 1.29 is 9.53 Å². The van der Waals surface area contributed by atoms with Crippen molar-refractivity contribution in [3.05, 3.63) is 58.1 Å². The highest BCUT2D eigenvalue weighted by molar-refractivity contribution is 9.10. The van der Waals surface area contributed by atoms with Crippen LogP contribution in [0.4, 0.5) is 10.5 Å². The predicted octanol–water partition coefficient (Wildman–Crippen LogP) is 4.52. The van der Waals surface area contributed by atoms with Gasteiger partial charge in [-0.1, -0.05) is 41.1 Å². The van der Waals surface area contributed by atoms with Crippen LogP contribution in [0.25, 0.3) is 0 Å². The summed E-state index contributed by atoms with van der Waals surface area (Å²) in [5, 5.41) is 5.56. The summed E-state index contributed by atoms with van der Waals surface area (Å²) in [5.41, 5.74) is 3.10. The highest BCUT2D eigenvalue weighted by Crippen LogP contribution is 2.20. The number of ether oxygens (including phenoxy) is 1. The van der Waals surface area contributed by atoms with Gasteiger partial charge in [-0.05, 0) is 48.7 Å². The average molecular weight is 377 g/mol. The smallest absolute Gasteiger partial charge is 0.319 e. The average Bonchev–Trinajstić information content (AvgIpc) is 2.55. The summed E-state index contributed by atoms with van der Waals surface area (Å²) in [6, 6.07) is 13.4. The second-order valence-electron chi connectivity index (χ2n) is 5.19. The monoisotopic (exact) mass is 376 g/mol. The first-order chi connectivity index (χ1) is 11.1. The summed E-state index contributed by atoms with van der Waals surface area (Å²) in [6.45, 7) is 4.97. The lowest BCUT2D eigenvalue weighted by Crippen LogP contribution is -2.32. The molecule has 0 spiro atoms. The maximum atomic E-state index is 11.8. The third-order valence-corrected chi connectivity index (χ3v) is 4.25. The summed E-state index contributed by atoms with van der Waals surface area (Å²) in [4.78, 5) is 11.8. The van der Waals surface area contributed by atoms with E-state index in [0.29, 0.717) is 13.2 Å². The quantitative estimate of drug-likeness (QED) is 0.728. The molecule has 2 rings (SSSR count). The van der Waals surface area contributed by atoms with Crippen molar-refractivity contribution in [1.29, 1.82) is 0 Å². The fourth-order valence-electron chi connectivity index (χ4n) is 2.03. The van der Waals surface area contributed by atoms with Gasteiger partial charge in [0.1, 0.15) is 12.4 Å². The fraction of sp³-hybridized carbons (Fsp3) is 0.278. The lowest BCUT2D eigenvalue weighted by Gasteiger charge is -2.10. The number of carbonyl (C=O) groups excluding carboxylic acids is 1. The number of nitrogens with one attached hydrogen (secondary N) is 2. The van der Waals surface area contributed by atoms with Crippen LogP contribution in [-0.2, 0) is 6.42 Å². The molecule has 5 heteroatoms. The van der Waals surface area contributed by atoms with Crippen molar-refractivity contribution in [2.24, 2.45) is 0 Å². The molecule has 0 aliphatic rings. The third-order valence-electron chi connectivity index (χ3n) is 3.39. The third kappa shape index (κ3) is 5.60. The fourth-order valence-corrected chi connectivity index (χ4v) is 2.41. The molecule has 0 unspecified atom stereocenters. The number of aryl methyl sites for hydroxylation is 2. The number of hydrogen-bond donors (Lipinski definition) is 2. The van der Waals surface area contributed by atoms with Gasteiger partial charge in [0.05, 0.1) is 6.54 Å². The van der Waals surface area contributed by atoms with E-state index in [-0.39, 0.29) is 6.03 Å². The van der Waals surface area contributed by atoms with Gasteiger partial charge in [0.15, 0.2) is 0 Å². The number of anilines is 1. The van der Waals surface area contributed by atoms with Crippen molar-refractivity contribution in [2.45, 2.75) is 20.3 Å². The second-order valence-corrected chi connectivity index (χ2v) is 6.05. The van der Waals surface area contributed by atoms with Gasteiger partial charge in [-0.2, -0.15) is 0 Å². The van der Waals surface area contributed by atoms with Crippen molar-refractivity contribution >= 4 is 27.6 Å². The van der Waals surface area contributed by atoms with Crippen LogP contribution in [0.2, 0.25) is 0 Å². The highest BCUT2D eigenvalue weighted by atomic mass is 79.9. The van der Waals surface area contributed by atoms with Crippen molar-refractivity contribution in [2.75, 3.05) is 18.5 Å². The zero-order valence-electron chi connectivity index (χ0n) is 13.4. The molecule has 2 aromatic rings. The van der Waals surface area contributed by atoms with E-state index >= 15 is 0 Å². The largest absolute Gasteiger partial charge is 0.492 e. The summed E-state index contributed by atoms with van der Waals surface area (Å²) in [5.74, 6) is 0.828. The van der Waals surface area contributed by atoms with Gasteiger partial charge in [0.2, 0.25) is 0 Å². The van der Waals surface area contributed by atoms with Crippen LogP contribution in [-0.4, -0.2) is 19.2 Å². The van der Waals surface area contributed by atoms with Crippen molar-refractivity contribution in [3.63, 3.8) is 0 Å². The standard InChI is InChI=1S/C18H21BrN2O2/c1-3-14-5-4-6-16(11-14)23-10-9-20-18(22)21-15-8-7-13(2)17(19)12-15/h4-8,11-12H,3,9-10H2,1-2H3,(H2,20,21,22). The minimum Gasteiger partial charge on any atom is -0.492 e. The first-order valence-electron chi connectivity index (χ1n) is 7.61. The molecule has 23 heavy (non-hydrogen) atoms. The summed E-state index contributed by atoms with van der Waals surface area (Å²) in [6.07, 6.45) is 0.976. The first-order valence-corrected chi connectivity index (χ1v) is 8.40. The number of carbonyl (C=O) groups is 1. The Kier molecular flexibility index (Phi) is 6.47. The molecule has 2 amide bonds. The Morgan fingerprint density at radius 3 is 2.78 bits per heavy atom.